The first-order chi connectivity index (χ1) is 14.9. The summed E-state index contributed by atoms with van der Waals surface area (Å²) < 4.78 is 70.3. The van der Waals surface area contributed by atoms with Crippen LogP contribution in [0.5, 0.6) is 5.88 Å². The molecule has 0 bridgehead atoms. The van der Waals surface area contributed by atoms with E-state index >= 15 is 0 Å². The summed E-state index contributed by atoms with van der Waals surface area (Å²) in [5.74, 6) is -1.12. The van der Waals surface area contributed by atoms with Gasteiger partial charge < -0.3 is 4.74 Å². The van der Waals surface area contributed by atoms with Crippen molar-refractivity contribution in [3.63, 3.8) is 0 Å². The molecule has 1 unspecified atom stereocenters. The number of aliphatic imine (C=N–C) groups is 1. The molecule has 0 radical (unpaired) electrons. The molecule has 1 aliphatic rings. The zero-order valence-corrected chi connectivity index (χ0v) is 16.7. The number of halogens is 5. The SMILES string of the molecule is FCC(F)(F)Oc1ccc(-c2ccc(C3CSC(c4c(F)cccc4F)=N3)cc2)cn1. The molecule has 1 atom stereocenters. The molecule has 2 heterocycles. The van der Waals surface area contributed by atoms with E-state index in [1.54, 1.807) is 0 Å². The van der Waals surface area contributed by atoms with Gasteiger partial charge in [-0.05, 0) is 29.3 Å². The topological polar surface area (TPSA) is 34.5 Å². The highest BCUT2D eigenvalue weighted by Crippen LogP contribution is 2.35. The molecule has 0 amide bonds. The van der Waals surface area contributed by atoms with E-state index in [1.807, 2.05) is 24.3 Å². The Morgan fingerprint density at radius 1 is 0.968 bits per heavy atom. The van der Waals surface area contributed by atoms with Gasteiger partial charge in [0, 0.05) is 23.6 Å². The normalized spacial score (nSPS) is 16.3. The first-order valence-electron chi connectivity index (χ1n) is 9.20. The molecule has 160 valence electrons. The van der Waals surface area contributed by atoms with Crippen LogP contribution in [0.15, 0.2) is 65.8 Å². The molecule has 0 N–H and O–H groups in total. The Kier molecular flexibility index (Phi) is 5.95. The number of ether oxygens (including phenoxy) is 1. The Labute approximate surface area is 179 Å². The number of pyridine rings is 1. The van der Waals surface area contributed by atoms with E-state index in [2.05, 4.69) is 14.7 Å². The lowest BCUT2D eigenvalue weighted by Crippen LogP contribution is -2.27. The molecule has 3 aromatic rings. The minimum absolute atomic E-state index is 0.113. The molecular formula is C22H15F5N2OS. The quantitative estimate of drug-likeness (QED) is 0.419. The summed E-state index contributed by atoms with van der Waals surface area (Å²) in [4.78, 5) is 8.26. The number of nitrogens with zero attached hydrogens (tertiary/aromatic N) is 2. The van der Waals surface area contributed by atoms with Crippen LogP contribution in [0, 0.1) is 11.6 Å². The summed E-state index contributed by atoms with van der Waals surface area (Å²) in [6, 6.07) is 13.5. The van der Waals surface area contributed by atoms with Crippen molar-refractivity contribution in [2.24, 2.45) is 4.99 Å². The van der Waals surface area contributed by atoms with E-state index in [9.17, 15) is 22.0 Å². The number of benzene rings is 2. The highest BCUT2D eigenvalue weighted by atomic mass is 32.2. The first kappa shape index (κ1) is 21.3. The third kappa shape index (κ3) is 4.71. The van der Waals surface area contributed by atoms with Gasteiger partial charge in [-0.2, -0.15) is 8.78 Å². The van der Waals surface area contributed by atoms with Crippen LogP contribution in [-0.4, -0.2) is 28.6 Å². The second-order valence-corrected chi connectivity index (χ2v) is 7.75. The number of aromatic nitrogens is 1. The van der Waals surface area contributed by atoms with Crippen LogP contribution in [-0.2, 0) is 0 Å². The molecule has 1 aromatic heterocycles. The summed E-state index contributed by atoms with van der Waals surface area (Å²) >= 11 is 1.29. The predicted molar refractivity (Wildman–Crippen MR) is 109 cm³/mol. The fraction of sp³-hybridized carbons (Fsp3) is 0.182. The van der Waals surface area contributed by atoms with Crippen LogP contribution >= 0.6 is 11.8 Å². The number of rotatable bonds is 6. The monoisotopic (exact) mass is 450 g/mol. The van der Waals surface area contributed by atoms with Gasteiger partial charge in [0.2, 0.25) is 5.88 Å². The van der Waals surface area contributed by atoms with Gasteiger partial charge in [0.1, 0.15) is 16.7 Å². The van der Waals surface area contributed by atoms with E-state index in [0.29, 0.717) is 16.4 Å². The van der Waals surface area contributed by atoms with Crippen molar-refractivity contribution >= 4 is 16.8 Å². The van der Waals surface area contributed by atoms with Crippen molar-refractivity contribution in [3.8, 4) is 17.0 Å². The summed E-state index contributed by atoms with van der Waals surface area (Å²) in [6.07, 6.45) is -2.57. The van der Waals surface area contributed by atoms with Gasteiger partial charge in [0.25, 0.3) is 0 Å². The lowest BCUT2D eigenvalue weighted by Gasteiger charge is -2.13. The highest BCUT2D eigenvalue weighted by molar-refractivity contribution is 8.14. The van der Waals surface area contributed by atoms with Crippen LogP contribution in [0.1, 0.15) is 17.2 Å². The largest absolute Gasteiger partial charge is 0.428 e. The molecule has 9 heteroatoms. The second kappa shape index (κ2) is 8.66. The van der Waals surface area contributed by atoms with Crippen LogP contribution in [0.25, 0.3) is 11.1 Å². The Balaban J connectivity index is 1.49. The number of thioether (sulfide) groups is 1. The molecule has 3 nitrogen and oxygen atoms in total. The van der Waals surface area contributed by atoms with Crippen molar-refractivity contribution < 1.29 is 26.7 Å². The molecule has 4 rings (SSSR count). The minimum atomic E-state index is -3.92. The second-order valence-electron chi connectivity index (χ2n) is 6.74. The van der Waals surface area contributed by atoms with E-state index < -0.39 is 24.4 Å². The zero-order valence-electron chi connectivity index (χ0n) is 15.9. The number of hydrogen-bond donors (Lipinski definition) is 0. The van der Waals surface area contributed by atoms with E-state index in [1.165, 1.54) is 48.3 Å². The third-order valence-corrected chi connectivity index (χ3v) is 5.67. The van der Waals surface area contributed by atoms with Gasteiger partial charge >= 0.3 is 6.11 Å². The maximum absolute atomic E-state index is 14.0. The van der Waals surface area contributed by atoms with Crippen molar-refractivity contribution in [2.75, 3.05) is 12.4 Å². The molecule has 0 saturated heterocycles. The Hall–Kier alpha value is -2.94. The van der Waals surface area contributed by atoms with Gasteiger partial charge in [-0.25, -0.2) is 18.2 Å². The molecule has 0 aliphatic carbocycles. The maximum atomic E-state index is 14.0. The van der Waals surface area contributed by atoms with Gasteiger partial charge in [-0.3, -0.25) is 4.99 Å². The van der Waals surface area contributed by atoms with Gasteiger partial charge in [-0.1, -0.05) is 30.3 Å². The highest BCUT2D eigenvalue weighted by Gasteiger charge is 2.32. The Bertz CT molecular complexity index is 1080. The van der Waals surface area contributed by atoms with Crippen LogP contribution in [0.3, 0.4) is 0 Å². The molecular weight excluding hydrogens is 435 g/mol. The summed E-state index contributed by atoms with van der Waals surface area (Å²) in [5.41, 5.74) is 2.19. The van der Waals surface area contributed by atoms with E-state index in [4.69, 9.17) is 0 Å². The zero-order chi connectivity index (χ0) is 22.0. The van der Waals surface area contributed by atoms with Crippen molar-refractivity contribution in [2.45, 2.75) is 12.2 Å². The molecule has 0 saturated carbocycles. The van der Waals surface area contributed by atoms with Gasteiger partial charge in [0.15, 0.2) is 6.67 Å². The van der Waals surface area contributed by atoms with Gasteiger partial charge in [0.05, 0.1) is 11.6 Å². The Morgan fingerprint density at radius 3 is 2.26 bits per heavy atom. The van der Waals surface area contributed by atoms with Crippen LogP contribution < -0.4 is 4.74 Å². The van der Waals surface area contributed by atoms with Crippen molar-refractivity contribution in [1.82, 2.24) is 4.98 Å². The molecule has 1 aliphatic heterocycles. The smallest absolute Gasteiger partial charge is 0.413 e. The molecule has 0 fully saturated rings. The fourth-order valence-corrected chi connectivity index (χ4v) is 4.20. The average Bonchev–Trinajstić information content (AvgIpc) is 3.24. The summed E-state index contributed by atoms with van der Waals surface area (Å²) in [6.45, 7) is -1.94. The number of hydrogen-bond acceptors (Lipinski definition) is 4. The predicted octanol–water partition coefficient (Wildman–Crippen LogP) is 6.20. The molecule has 2 aromatic carbocycles. The van der Waals surface area contributed by atoms with E-state index in [-0.39, 0.29) is 17.5 Å². The van der Waals surface area contributed by atoms with Crippen LogP contribution in [0.4, 0.5) is 22.0 Å². The maximum Gasteiger partial charge on any atom is 0.428 e. The Morgan fingerprint density at radius 2 is 1.65 bits per heavy atom. The van der Waals surface area contributed by atoms with Gasteiger partial charge in [-0.15, -0.1) is 11.8 Å². The first-order valence-corrected chi connectivity index (χ1v) is 10.2. The molecule has 0 spiro atoms. The number of alkyl halides is 3. The van der Waals surface area contributed by atoms with Crippen molar-refractivity contribution in [3.05, 3.63) is 83.6 Å². The lowest BCUT2D eigenvalue weighted by molar-refractivity contribution is -0.188. The summed E-state index contributed by atoms with van der Waals surface area (Å²) in [7, 11) is 0. The molecule has 31 heavy (non-hydrogen) atoms. The third-order valence-electron chi connectivity index (χ3n) is 4.60. The minimum Gasteiger partial charge on any atom is -0.413 e. The fourth-order valence-electron chi connectivity index (χ4n) is 3.07. The summed E-state index contributed by atoms with van der Waals surface area (Å²) in [5, 5.41) is 0.328. The lowest BCUT2D eigenvalue weighted by atomic mass is 10.0. The van der Waals surface area contributed by atoms with Crippen LogP contribution in [0.2, 0.25) is 0 Å². The standard InChI is InChI=1S/C22H15F5N2OS/c23-12-22(26,27)30-19-9-8-15(10-28-19)13-4-6-14(7-5-13)18-11-31-21(29-18)20-16(24)2-1-3-17(20)25/h1-10,18H,11-12H2. The average molecular weight is 450 g/mol. The van der Waals surface area contributed by atoms with Crippen molar-refractivity contribution in [1.29, 1.82) is 0 Å². The van der Waals surface area contributed by atoms with E-state index in [0.717, 1.165) is 11.1 Å².